The maximum absolute atomic E-state index is 13.1. The molecule has 1 aromatic heterocycles. The molecule has 0 radical (unpaired) electrons. The van der Waals surface area contributed by atoms with Crippen molar-refractivity contribution in [3.05, 3.63) is 28.2 Å². The highest BCUT2D eigenvalue weighted by Crippen LogP contribution is 2.28. The van der Waals surface area contributed by atoms with Gasteiger partial charge in [0.1, 0.15) is 18.5 Å². The summed E-state index contributed by atoms with van der Waals surface area (Å²) in [6.07, 6.45) is 9.95. The molecule has 0 aromatic carbocycles. The monoisotopic (exact) mass is 496 g/mol. The van der Waals surface area contributed by atoms with Gasteiger partial charge >= 0.3 is 0 Å². The van der Waals surface area contributed by atoms with Gasteiger partial charge in [-0.05, 0) is 43.2 Å². The lowest BCUT2D eigenvalue weighted by Crippen LogP contribution is -2.58. The molecule has 2 aliphatic rings. The fourth-order valence-electron chi connectivity index (χ4n) is 4.87. The number of aryl methyl sites for hydroxylation is 1. The molecular weight excluding hydrogens is 460 g/mol. The van der Waals surface area contributed by atoms with E-state index >= 15 is 0 Å². The van der Waals surface area contributed by atoms with E-state index in [0.29, 0.717) is 37.3 Å². The summed E-state index contributed by atoms with van der Waals surface area (Å²) in [5, 5.41) is 20.6. The van der Waals surface area contributed by atoms with Gasteiger partial charge < -0.3 is 25.6 Å². The number of nitrogens with two attached hydrogens (primary N) is 1. The van der Waals surface area contributed by atoms with Gasteiger partial charge in [0.05, 0.1) is 12.3 Å². The number of aliphatic hydroxyl groups is 1. The van der Waals surface area contributed by atoms with Crippen molar-refractivity contribution in [3.63, 3.8) is 0 Å². The summed E-state index contributed by atoms with van der Waals surface area (Å²) < 4.78 is 27.4. The molecule has 0 spiro atoms. The maximum atomic E-state index is 13.1. The van der Waals surface area contributed by atoms with E-state index in [1.165, 1.54) is 30.4 Å². The van der Waals surface area contributed by atoms with Crippen molar-refractivity contribution in [2.24, 2.45) is 11.7 Å². The molecule has 2 atom stereocenters. The van der Waals surface area contributed by atoms with Crippen LogP contribution in [-0.2, 0) is 27.8 Å². The van der Waals surface area contributed by atoms with Crippen LogP contribution in [0.1, 0.15) is 56.9 Å². The first-order valence-corrected chi connectivity index (χ1v) is 13.7. The Hall–Kier alpha value is -2.60. The lowest BCUT2D eigenvalue weighted by Gasteiger charge is -2.38. The largest absolute Gasteiger partial charge is 0.371 e. The van der Waals surface area contributed by atoms with E-state index in [1.54, 1.807) is 6.07 Å². The summed E-state index contributed by atoms with van der Waals surface area (Å²) in [6.45, 7) is 0.0919. The molecule has 190 valence electrons. The lowest BCUT2D eigenvalue weighted by molar-refractivity contribution is -0.125. The molecular formula is C22H36N6O5S. The Morgan fingerprint density at radius 3 is 2.59 bits per heavy atom. The van der Waals surface area contributed by atoms with Crippen LogP contribution in [0.15, 0.2) is 17.1 Å². The molecule has 2 fully saturated rings. The first kappa shape index (κ1) is 26.0. The van der Waals surface area contributed by atoms with Crippen molar-refractivity contribution in [1.82, 2.24) is 14.8 Å². The topological polar surface area (TPSA) is 171 Å². The molecule has 1 saturated heterocycles. The molecule has 1 unspecified atom stereocenters. The van der Waals surface area contributed by atoms with Gasteiger partial charge in [0.25, 0.3) is 5.56 Å². The van der Waals surface area contributed by atoms with Crippen LogP contribution >= 0.6 is 0 Å². The number of anilines is 1. The molecule has 1 amide bonds. The van der Waals surface area contributed by atoms with Crippen molar-refractivity contribution in [2.75, 3.05) is 17.5 Å². The summed E-state index contributed by atoms with van der Waals surface area (Å²) in [6, 6.07) is 1.06. The summed E-state index contributed by atoms with van der Waals surface area (Å²) >= 11 is 0. The third-order valence-corrected chi connectivity index (χ3v) is 7.22. The van der Waals surface area contributed by atoms with E-state index in [-0.39, 0.29) is 18.2 Å². The number of amides is 1. The Morgan fingerprint density at radius 1 is 1.24 bits per heavy atom. The first-order valence-electron chi connectivity index (χ1n) is 11.8. The van der Waals surface area contributed by atoms with E-state index < -0.39 is 33.8 Å². The highest BCUT2D eigenvalue weighted by atomic mass is 32.2. The van der Waals surface area contributed by atoms with Crippen molar-refractivity contribution in [1.29, 1.82) is 5.41 Å². The number of sulfonamides is 1. The molecule has 34 heavy (non-hydrogen) atoms. The number of aromatic nitrogens is 1. The van der Waals surface area contributed by atoms with Crippen LogP contribution in [0, 0.1) is 11.3 Å². The summed E-state index contributed by atoms with van der Waals surface area (Å²) in [4.78, 5) is 27.1. The molecule has 1 aliphatic heterocycles. The number of pyridine rings is 1. The van der Waals surface area contributed by atoms with Crippen LogP contribution in [0.5, 0.6) is 0 Å². The number of carbonyl (C=O) groups excluding carboxylic acids is 1. The zero-order chi connectivity index (χ0) is 24.9. The second-order valence-corrected chi connectivity index (χ2v) is 11.1. The Labute approximate surface area is 200 Å². The van der Waals surface area contributed by atoms with Gasteiger partial charge in [0.15, 0.2) is 5.96 Å². The fraction of sp³-hybridized carbons (Fsp3) is 0.682. The fourth-order valence-corrected chi connectivity index (χ4v) is 5.46. The predicted octanol–water partition coefficient (Wildman–Crippen LogP) is 0.525. The minimum atomic E-state index is -3.69. The number of carbonyl (C=O) groups is 1. The number of nitrogens with zero attached hydrogens (tertiary/aromatic N) is 2. The molecule has 3 rings (SSSR count). The van der Waals surface area contributed by atoms with E-state index in [0.717, 1.165) is 30.1 Å². The van der Waals surface area contributed by atoms with Gasteiger partial charge in [-0.2, -0.15) is 0 Å². The zero-order valence-electron chi connectivity index (χ0n) is 19.6. The average Bonchev–Trinajstić information content (AvgIpc) is 2.77. The van der Waals surface area contributed by atoms with Crippen molar-refractivity contribution < 1.29 is 18.3 Å². The zero-order valence-corrected chi connectivity index (χ0v) is 20.4. The second-order valence-electron chi connectivity index (χ2n) is 9.37. The maximum Gasteiger partial charge on any atom is 0.275 e. The summed E-state index contributed by atoms with van der Waals surface area (Å²) in [7, 11) is -3.69. The van der Waals surface area contributed by atoms with Crippen LogP contribution in [0.25, 0.3) is 0 Å². The number of nitrogens with one attached hydrogen (secondary N) is 3. The number of aliphatic hydroxyl groups excluding tert-OH is 1. The van der Waals surface area contributed by atoms with Crippen LogP contribution in [-0.4, -0.2) is 59.9 Å². The lowest BCUT2D eigenvalue weighted by atomic mass is 9.85. The van der Waals surface area contributed by atoms with Gasteiger partial charge in [-0.3, -0.25) is 19.7 Å². The van der Waals surface area contributed by atoms with E-state index in [4.69, 9.17) is 11.1 Å². The number of guanidine groups is 1. The molecule has 6 N–H and O–H groups in total. The first-order chi connectivity index (χ1) is 16.0. The molecule has 0 bridgehead atoms. The SMILES string of the molecule is CS(=O)(=O)Nc1c(CCC2CCCCC2)ccn(CC(=O)N[C@H]2CCCN(C(=N)N)C2O)c1=O. The van der Waals surface area contributed by atoms with Crippen molar-refractivity contribution >= 4 is 27.6 Å². The quantitative estimate of drug-likeness (QED) is 0.258. The van der Waals surface area contributed by atoms with E-state index in [1.807, 2.05) is 0 Å². The standard InChI is InChI=1S/C22H36N6O5S/c1-34(32,33)26-19-16(10-9-15-6-3-2-4-7-15)11-13-27(21(19)31)14-18(29)25-17-8-5-12-28(20(17)30)22(23)24/h11,13,15,17,20,26,30H,2-10,12,14H2,1H3,(H3,23,24)(H,25,29)/t17-,20?/m0/s1. The third kappa shape index (κ3) is 6.95. The Kier molecular flexibility index (Phi) is 8.58. The smallest absolute Gasteiger partial charge is 0.275 e. The average molecular weight is 497 g/mol. The van der Waals surface area contributed by atoms with Gasteiger partial charge in [-0.1, -0.05) is 32.1 Å². The van der Waals surface area contributed by atoms with Crippen LogP contribution in [0.2, 0.25) is 0 Å². The highest BCUT2D eigenvalue weighted by molar-refractivity contribution is 7.92. The van der Waals surface area contributed by atoms with Crippen LogP contribution in [0.4, 0.5) is 5.69 Å². The number of piperidine rings is 1. The second kappa shape index (κ2) is 11.2. The summed E-state index contributed by atoms with van der Waals surface area (Å²) in [5.74, 6) is -0.204. The molecule has 1 saturated carbocycles. The van der Waals surface area contributed by atoms with E-state index in [9.17, 15) is 23.1 Å². The summed E-state index contributed by atoms with van der Waals surface area (Å²) in [5.41, 5.74) is 5.50. The third-order valence-electron chi connectivity index (χ3n) is 6.65. The number of hydrogen-bond donors (Lipinski definition) is 5. The highest BCUT2D eigenvalue weighted by Gasteiger charge is 2.31. The van der Waals surface area contributed by atoms with Crippen LogP contribution in [0.3, 0.4) is 0 Å². The van der Waals surface area contributed by atoms with Gasteiger partial charge in [0, 0.05) is 12.7 Å². The van der Waals surface area contributed by atoms with Gasteiger partial charge in [0.2, 0.25) is 15.9 Å². The van der Waals surface area contributed by atoms with Crippen LogP contribution < -0.4 is 21.3 Å². The van der Waals surface area contributed by atoms with Gasteiger partial charge in [-0.15, -0.1) is 0 Å². The normalized spacial score (nSPS) is 21.8. The van der Waals surface area contributed by atoms with Crippen molar-refractivity contribution in [3.8, 4) is 0 Å². The molecule has 2 heterocycles. The van der Waals surface area contributed by atoms with Crippen molar-refractivity contribution in [2.45, 2.75) is 76.6 Å². The predicted molar refractivity (Wildman–Crippen MR) is 130 cm³/mol. The Bertz CT molecular complexity index is 1050. The molecule has 1 aromatic rings. The minimum absolute atomic E-state index is 0.0194. The molecule has 1 aliphatic carbocycles. The number of hydrogen-bond acceptors (Lipinski definition) is 6. The van der Waals surface area contributed by atoms with Gasteiger partial charge in [-0.25, -0.2) is 8.42 Å². The van der Waals surface area contributed by atoms with E-state index in [2.05, 4.69) is 10.0 Å². The molecule has 11 nitrogen and oxygen atoms in total. The molecule has 12 heteroatoms. The Balaban J connectivity index is 1.73. The minimum Gasteiger partial charge on any atom is -0.371 e. The Morgan fingerprint density at radius 2 is 1.94 bits per heavy atom. The number of rotatable bonds is 8. The number of likely N-dealkylation sites (tertiary alicyclic amines) is 1.